The van der Waals surface area contributed by atoms with Crippen LogP contribution in [0.25, 0.3) is 17.5 Å². The molecular weight excluding hydrogens is 330 g/mol. The average Bonchev–Trinajstić information content (AvgIpc) is 3.03. The summed E-state index contributed by atoms with van der Waals surface area (Å²) >= 11 is 7.39. The van der Waals surface area contributed by atoms with Gasteiger partial charge in [-0.1, -0.05) is 35.9 Å². The fraction of sp³-hybridized carbons (Fsp3) is 0. The summed E-state index contributed by atoms with van der Waals surface area (Å²) in [4.78, 5) is 20.5. The van der Waals surface area contributed by atoms with Gasteiger partial charge < -0.3 is 0 Å². The molecule has 0 spiro atoms. The molecule has 0 aliphatic heterocycles. The van der Waals surface area contributed by atoms with Crippen molar-refractivity contribution >= 4 is 40.1 Å². The molecule has 3 aromatic rings. The largest absolute Gasteiger partial charge is 0.298 e. The van der Waals surface area contributed by atoms with Crippen molar-refractivity contribution in [1.29, 1.82) is 0 Å². The quantitative estimate of drug-likeness (QED) is 0.710. The van der Waals surface area contributed by atoms with E-state index in [0.717, 1.165) is 17.0 Å². The maximum atomic E-state index is 12.0. The van der Waals surface area contributed by atoms with Crippen LogP contribution in [0.3, 0.4) is 0 Å². The van der Waals surface area contributed by atoms with Gasteiger partial charge in [0.25, 0.3) is 0 Å². The molecule has 1 amide bonds. The Morgan fingerprint density at radius 1 is 1.13 bits per heavy atom. The van der Waals surface area contributed by atoms with Gasteiger partial charge in [-0.25, -0.2) is 4.98 Å². The first-order chi connectivity index (χ1) is 11.2. The number of rotatable bonds is 4. The molecule has 2 heterocycles. The number of hydrogen-bond acceptors (Lipinski definition) is 4. The van der Waals surface area contributed by atoms with Crippen molar-refractivity contribution < 1.29 is 4.79 Å². The maximum absolute atomic E-state index is 12.0. The van der Waals surface area contributed by atoms with Crippen LogP contribution in [0.4, 0.5) is 5.13 Å². The highest BCUT2D eigenvalue weighted by Gasteiger charge is 2.07. The Labute approximate surface area is 142 Å². The highest BCUT2D eigenvalue weighted by Crippen LogP contribution is 2.23. The molecule has 4 nitrogen and oxygen atoms in total. The van der Waals surface area contributed by atoms with E-state index in [1.165, 1.54) is 17.4 Å². The maximum Gasteiger partial charge on any atom is 0.250 e. The fourth-order valence-electron chi connectivity index (χ4n) is 1.89. The van der Waals surface area contributed by atoms with Crippen LogP contribution >= 0.6 is 22.9 Å². The molecule has 114 valence electrons. The summed E-state index contributed by atoms with van der Waals surface area (Å²) in [5.41, 5.74) is 2.30. The van der Waals surface area contributed by atoms with Gasteiger partial charge in [0, 0.05) is 22.7 Å². The lowest BCUT2D eigenvalue weighted by Gasteiger charge is -1.98. The molecule has 0 saturated carbocycles. The molecule has 1 aromatic carbocycles. The number of amides is 1. The molecule has 0 aliphatic carbocycles. The van der Waals surface area contributed by atoms with Gasteiger partial charge >= 0.3 is 0 Å². The summed E-state index contributed by atoms with van der Waals surface area (Å²) in [5.74, 6) is -0.258. The SMILES string of the molecule is O=C(C=Cc1ccccc1Cl)Nc1nc(-c2ccccn2)cs1. The molecule has 0 atom stereocenters. The molecule has 23 heavy (non-hydrogen) atoms. The van der Waals surface area contributed by atoms with Crippen LogP contribution in [0.5, 0.6) is 0 Å². The zero-order valence-electron chi connectivity index (χ0n) is 11.9. The molecule has 0 fully saturated rings. The van der Waals surface area contributed by atoms with Gasteiger partial charge in [-0.05, 0) is 29.8 Å². The number of halogens is 1. The van der Waals surface area contributed by atoms with E-state index in [9.17, 15) is 4.79 Å². The summed E-state index contributed by atoms with van der Waals surface area (Å²) in [7, 11) is 0. The Hall–Kier alpha value is -2.50. The number of anilines is 1. The lowest BCUT2D eigenvalue weighted by atomic mass is 10.2. The second-order valence-electron chi connectivity index (χ2n) is 4.60. The number of benzene rings is 1. The van der Waals surface area contributed by atoms with Gasteiger partial charge in [0.1, 0.15) is 5.69 Å². The van der Waals surface area contributed by atoms with Crippen molar-refractivity contribution in [2.75, 3.05) is 5.32 Å². The Morgan fingerprint density at radius 2 is 1.96 bits per heavy atom. The molecule has 0 aliphatic rings. The Kier molecular flexibility index (Phi) is 4.80. The van der Waals surface area contributed by atoms with Crippen LogP contribution in [0.1, 0.15) is 5.56 Å². The predicted molar refractivity (Wildman–Crippen MR) is 94.5 cm³/mol. The number of pyridine rings is 1. The van der Waals surface area contributed by atoms with Gasteiger partial charge in [0.15, 0.2) is 5.13 Å². The predicted octanol–water partition coefficient (Wildman–Crippen LogP) is 4.51. The first-order valence-electron chi connectivity index (χ1n) is 6.83. The number of hydrogen-bond donors (Lipinski definition) is 1. The van der Waals surface area contributed by atoms with Crippen LogP contribution in [-0.2, 0) is 4.79 Å². The minimum atomic E-state index is -0.258. The van der Waals surface area contributed by atoms with Crippen molar-refractivity contribution in [3.8, 4) is 11.4 Å². The lowest BCUT2D eigenvalue weighted by Crippen LogP contribution is -2.07. The van der Waals surface area contributed by atoms with Crippen LogP contribution in [0.15, 0.2) is 60.1 Å². The van der Waals surface area contributed by atoms with E-state index < -0.39 is 0 Å². The fourth-order valence-corrected chi connectivity index (χ4v) is 2.79. The van der Waals surface area contributed by atoms with Crippen LogP contribution in [0, 0.1) is 0 Å². The number of nitrogens with one attached hydrogen (secondary N) is 1. The summed E-state index contributed by atoms with van der Waals surface area (Å²) < 4.78 is 0. The molecule has 0 bridgehead atoms. The summed E-state index contributed by atoms with van der Waals surface area (Å²) in [6.45, 7) is 0. The van der Waals surface area contributed by atoms with Crippen LogP contribution < -0.4 is 5.32 Å². The first-order valence-corrected chi connectivity index (χ1v) is 8.08. The van der Waals surface area contributed by atoms with Crippen LogP contribution in [0.2, 0.25) is 5.02 Å². The van der Waals surface area contributed by atoms with Crippen molar-refractivity contribution in [3.63, 3.8) is 0 Å². The van der Waals surface area contributed by atoms with E-state index in [1.54, 1.807) is 18.3 Å². The van der Waals surface area contributed by atoms with Crippen molar-refractivity contribution in [2.24, 2.45) is 0 Å². The molecular formula is C17H12ClN3OS. The van der Waals surface area contributed by atoms with E-state index in [4.69, 9.17) is 11.6 Å². The van der Waals surface area contributed by atoms with Gasteiger partial charge in [0.05, 0.1) is 5.69 Å². The van der Waals surface area contributed by atoms with Crippen molar-refractivity contribution in [3.05, 3.63) is 70.7 Å². The second-order valence-corrected chi connectivity index (χ2v) is 5.86. The van der Waals surface area contributed by atoms with Crippen molar-refractivity contribution in [2.45, 2.75) is 0 Å². The van der Waals surface area contributed by atoms with E-state index in [0.29, 0.717) is 10.2 Å². The number of thiazole rings is 1. The molecule has 1 N–H and O–H groups in total. The lowest BCUT2D eigenvalue weighted by molar-refractivity contribution is -0.111. The van der Waals surface area contributed by atoms with E-state index in [2.05, 4.69) is 15.3 Å². The third-order valence-corrected chi connectivity index (χ3v) is 4.08. The minimum Gasteiger partial charge on any atom is -0.298 e. The topological polar surface area (TPSA) is 54.9 Å². The van der Waals surface area contributed by atoms with Gasteiger partial charge in [0.2, 0.25) is 5.91 Å². The Bertz CT molecular complexity index is 846. The molecule has 0 radical (unpaired) electrons. The normalized spacial score (nSPS) is 10.8. The molecule has 3 rings (SSSR count). The standard InChI is InChI=1S/C17H12ClN3OS/c18-13-6-2-1-5-12(13)8-9-16(22)21-17-20-15(11-23-17)14-7-3-4-10-19-14/h1-11H,(H,20,21,22). The zero-order chi connectivity index (χ0) is 16.1. The van der Waals surface area contributed by atoms with E-state index in [1.807, 2.05) is 41.8 Å². The first kappa shape index (κ1) is 15.4. The number of carbonyl (C=O) groups excluding carboxylic acids is 1. The second kappa shape index (κ2) is 7.17. The zero-order valence-corrected chi connectivity index (χ0v) is 13.5. The summed E-state index contributed by atoms with van der Waals surface area (Å²) in [5, 5.41) is 5.72. The number of aromatic nitrogens is 2. The third kappa shape index (κ3) is 4.03. The average molecular weight is 342 g/mol. The Balaban J connectivity index is 1.67. The monoisotopic (exact) mass is 341 g/mol. The summed E-state index contributed by atoms with van der Waals surface area (Å²) in [6.07, 6.45) is 4.81. The number of nitrogens with zero attached hydrogens (tertiary/aromatic N) is 2. The molecule has 2 aromatic heterocycles. The highest BCUT2D eigenvalue weighted by atomic mass is 35.5. The van der Waals surface area contributed by atoms with Gasteiger partial charge in [-0.15, -0.1) is 11.3 Å². The molecule has 6 heteroatoms. The summed E-state index contributed by atoms with van der Waals surface area (Å²) in [6, 6.07) is 12.9. The van der Waals surface area contributed by atoms with Gasteiger partial charge in [-0.3, -0.25) is 15.1 Å². The Morgan fingerprint density at radius 3 is 2.74 bits per heavy atom. The highest BCUT2D eigenvalue weighted by molar-refractivity contribution is 7.14. The number of carbonyl (C=O) groups is 1. The third-order valence-electron chi connectivity index (χ3n) is 2.98. The molecule has 0 saturated heterocycles. The molecule has 0 unspecified atom stereocenters. The van der Waals surface area contributed by atoms with E-state index >= 15 is 0 Å². The van der Waals surface area contributed by atoms with Crippen molar-refractivity contribution in [1.82, 2.24) is 9.97 Å². The smallest absolute Gasteiger partial charge is 0.250 e. The van der Waals surface area contributed by atoms with E-state index in [-0.39, 0.29) is 5.91 Å². The van der Waals surface area contributed by atoms with Crippen LogP contribution in [-0.4, -0.2) is 15.9 Å². The minimum absolute atomic E-state index is 0.258. The van der Waals surface area contributed by atoms with Gasteiger partial charge in [-0.2, -0.15) is 0 Å².